The average Bonchev–Trinajstić information content (AvgIpc) is 3.17. The predicted molar refractivity (Wildman–Crippen MR) is 98.6 cm³/mol. The highest BCUT2D eigenvalue weighted by Crippen LogP contribution is 2.36. The van der Waals surface area contributed by atoms with Gasteiger partial charge in [0.15, 0.2) is 0 Å². The van der Waals surface area contributed by atoms with Gasteiger partial charge >= 0.3 is 0 Å². The van der Waals surface area contributed by atoms with Crippen molar-refractivity contribution in [3.8, 4) is 0 Å². The highest BCUT2D eigenvalue weighted by Gasteiger charge is 2.42. The van der Waals surface area contributed by atoms with E-state index in [4.69, 9.17) is 4.98 Å². The third-order valence-electron chi connectivity index (χ3n) is 5.96. The lowest BCUT2D eigenvalue weighted by molar-refractivity contribution is -0.131. The lowest BCUT2D eigenvalue weighted by Gasteiger charge is -2.31. The third kappa shape index (κ3) is 3.01. The molecule has 0 bridgehead atoms. The van der Waals surface area contributed by atoms with E-state index in [0.717, 1.165) is 16.9 Å². The summed E-state index contributed by atoms with van der Waals surface area (Å²) in [5.41, 5.74) is 1.91. The minimum absolute atomic E-state index is 0.0911. The van der Waals surface area contributed by atoms with E-state index in [1.165, 1.54) is 0 Å². The molecule has 140 valence electrons. The minimum Gasteiger partial charge on any atom is -0.390 e. The zero-order valence-corrected chi connectivity index (χ0v) is 15.4. The quantitative estimate of drug-likeness (QED) is 0.877. The third-order valence-corrected chi connectivity index (χ3v) is 5.96. The van der Waals surface area contributed by atoms with Crippen LogP contribution in [-0.4, -0.2) is 55.9 Å². The van der Waals surface area contributed by atoms with Crippen LogP contribution in [0, 0.1) is 11.8 Å². The molecule has 26 heavy (non-hydrogen) atoms. The molecule has 2 N–H and O–H groups in total. The first kappa shape index (κ1) is 17.5. The Hall–Kier alpha value is -1.92. The van der Waals surface area contributed by atoms with Gasteiger partial charge in [0.2, 0.25) is 5.91 Å². The SMILES string of the molecule is CC(C)c1nc2ccccc2n1CC(=O)N1C[C@H]2C[C@H](O)[C@@H](O)C[C@H]2C1. The van der Waals surface area contributed by atoms with E-state index in [2.05, 4.69) is 13.8 Å². The minimum atomic E-state index is -0.656. The summed E-state index contributed by atoms with van der Waals surface area (Å²) >= 11 is 0. The molecular formula is C20H27N3O3. The number of aliphatic hydroxyl groups excluding tert-OH is 2. The van der Waals surface area contributed by atoms with Crippen LogP contribution in [0.1, 0.15) is 38.4 Å². The summed E-state index contributed by atoms with van der Waals surface area (Å²) < 4.78 is 2.04. The Labute approximate surface area is 153 Å². The number of hydrogen-bond donors (Lipinski definition) is 2. The maximum Gasteiger partial charge on any atom is 0.242 e. The number of aromatic nitrogens is 2. The molecule has 2 heterocycles. The zero-order valence-electron chi connectivity index (χ0n) is 15.4. The number of hydrogen-bond acceptors (Lipinski definition) is 4. The number of imidazole rings is 1. The van der Waals surface area contributed by atoms with Crippen LogP contribution in [0.15, 0.2) is 24.3 Å². The summed E-state index contributed by atoms with van der Waals surface area (Å²) in [6.45, 7) is 5.83. The number of fused-ring (bicyclic) bond motifs is 2. The maximum atomic E-state index is 13.0. The summed E-state index contributed by atoms with van der Waals surface area (Å²) in [5.74, 6) is 1.85. The number of nitrogens with zero attached hydrogens (tertiary/aromatic N) is 3. The molecule has 0 unspecified atom stereocenters. The second-order valence-electron chi connectivity index (χ2n) is 8.12. The second kappa shape index (κ2) is 6.67. The molecule has 4 rings (SSSR count). The van der Waals surface area contributed by atoms with Gasteiger partial charge in [-0.25, -0.2) is 4.98 Å². The Balaban J connectivity index is 1.54. The number of likely N-dealkylation sites (tertiary alicyclic amines) is 1. The first-order valence-corrected chi connectivity index (χ1v) is 9.53. The Morgan fingerprint density at radius 1 is 1.15 bits per heavy atom. The fourth-order valence-corrected chi connectivity index (χ4v) is 4.55. The van der Waals surface area contributed by atoms with Crippen LogP contribution >= 0.6 is 0 Å². The molecule has 2 aliphatic rings. The zero-order chi connectivity index (χ0) is 18.4. The van der Waals surface area contributed by atoms with Gasteiger partial charge in [0.05, 0.1) is 23.2 Å². The highest BCUT2D eigenvalue weighted by molar-refractivity contribution is 5.81. The normalized spacial score (nSPS) is 28.7. The summed E-state index contributed by atoms with van der Waals surface area (Å²) in [5, 5.41) is 19.8. The van der Waals surface area contributed by atoms with Crippen molar-refractivity contribution in [2.75, 3.05) is 13.1 Å². The molecule has 1 aromatic carbocycles. The summed E-state index contributed by atoms with van der Waals surface area (Å²) in [6.07, 6.45) is -0.144. The average molecular weight is 357 g/mol. The van der Waals surface area contributed by atoms with E-state index >= 15 is 0 Å². The van der Waals surface area contributed by atoms with Gasteiger partial charge in [-0.05, 0) is 36.8 Å². The fraction of sp³-hybridized carbons (Fsp3) is 0.600. The van der Waals surface area contributed by atoms with Crippen LogP contribution in [0.5, 0.6) is 0 Å². The van der Waals surface area contributed by atoms with Crippen molar-refractivity contribution in [2.45, 2.75) is 51.4 Å². The van der Waals surface area contributed by atoms with Crippen LogP contribution in [0.25, 0.3) is 11.0 Å². The maximum absolute atomic E-state index is 13.0. The van der Waals surface area contributed by atoms with Gasteiger partial charge in [-0.15, -0.1) is 0 Å². The number of rotatable bonds is 3. The Bertz CT molecular complexity index is 798. The molecule has 1 amide bonds. The molecular weight excluding hydrogens is 330 g/mol. The second-order valence-corrected chi connectivity index (χ2v) is 8.12. The number of carbonyl (C=O) groups is 1. The summed E-state index contributed by atoms with van der Waals surface area (Å²) in [4.78, 5) is 19.6. The molecule has 4 atom stereocenters. The highest BCUT2D eigenvalue weighted by atomic mass is 16.3. The number of benzene rings is 1. The molecule has 1 aliphatic carbocycles. The van der Waals surface area contributed by atoms with Gasteiger partial charge in [0.25, 0.3) is 0 Å². The Kier molecular flexibility index (Phi) is 4.49. The number of para-hydroxylation sites is 2. The van der Waals surface area contributed by atoms with Gasteiger partial charge < -0.3 is 19.7 Å². The van der Waals surface area contributed by atoms with E-state index in [-0.39, 0.29) is 11.8 Å². The monoisotopic (exact) mass is 357 g/mol. The van der Waals surface area contributed by atoms with Crippen molar-refractivity contribution in [1.29, 1.82) is 0 Å². The molecule has 2 fully saturated rings. The van der Waals surface area contributed by atoms with Gasteiger partial charge in [0.1, 0.15) is 12.4 Å². The van der Waals surface area contributed by atoms with Crippen LogP contribution in [0.2, 0.25) is 0 Å². The Morgan fingerprint density at radius 2 is 1.77 bits per heavy atom. The number of aliphatic hydroxyl groups is 2. The fourth-order valence-electron chi connectivity index (χ4n) is 4.55. The van der Waals surface area contributed by atoms with Crippen molar-refractivity contribution in [1.82, 2.24) is 14.5 Å². The molecule has 0 radical (unpaired) electrons. The van der Waals surface area contributed by atoms with Gasteiger partial charge in [-0.1, -0.05) is 26.0 Å². The predicted octanol–water partition coefficient (Wildman–Crippen LogP) is 1.75. The standard InChI is InChI=1S/C20H27N3O3/c1-12(2)20-21-15-5-3-4-6-16(15)23(20)11-19(26)22-9-13-7-17(24)18(25)8-14(13)10-22/h3-6,12-14,17-18,24-25H,7-11H2,1-2H3/t13-,14+,17-,18-/m0/s1. The van der Waals surface area contributed by atoms with E-state index < -0.39 is 12.2 Å². The number of carbonyl (C=O) groups excluding carboxylic acids is 1. The van der Waals surface area contributed by atoms with Crippen molar-refractivity contribution < 1.29 is 15.0 Å². The number of amides is 1. The van der Waals surface area contributed by atoms with E-state index in [1.807, 2.05) is 33.7 Å². The first-order valence-electron chi connectivity index (χ1n) is 9.53. The van der Waals surface area contributed by atoms with Crippen LogP contribution < -0.4 is 0 Å². The molecule has 2 aromatic rings. The lowest BCUT2D eigenvalue weighted by atomic mass is 9.79. The molecule has 1 aromatic heterocycles. The molecule has 1 saturated heterocycles. The van der Waals surface area contributed by atoms with E-state index in [1.54, 1.807) is 0 Å². The largest absolute Gasteiger partial charge is 0.390 e. The molecule has 1 saturated carbocycles. The molecule has 1 aliphatic heterocycles. The molecule has 6 nitrogen and oxygen atoms in total. The van der Waals surface area contributed by atoms with Crippen molar-refractivity contribution >= 4 is 16.9 Å². The summed E-state index contributed by atoms with van der Waals surface area (Å²) in [6, 6.07) is 7.93. The van der Waals surface area contributed by atoms with E-state index in [0.29, 0.717) is 44.3 Å². The van der Waals surface area contributed by atoms with Crippen LogP contribution in [0.4, 0.5) is 0 Å². The van der Waals surface area contributed by atoms with Crippen molar-refractivity contribution in [2.24, 2.45) is 11.8 Å². The topological polar surface area (TPSA) is 78.6 Å². The summed E-state index contributed by atoms with van der Waals surface area (Å²) in [7, 11) is 0. The lowest BCUT2D eigenvalue weighted by Crippen LogP contribution is -2.38. The molecule has 0 spiro atoms. The van der Waals surface area contributed by atoms with Crippen molar-refractivity contribution in [3.05, 3.63) is 30.1 Å². The Morgan fingerprint density at radius 3 is 2.38 bits per heavy atom. The van der Waals surface area contributed by atoms with Gasteiger partial charge in [-0.2, -0.15) is 0 Å². The van der Waals surface area contributed by atoms with Crippen LogP contribution in [0.3, 0.4) is 0 Å². The molecule has 6 heteroatoms. The van der Waals surface area contributed by atoms with E-state index in [9.17, 15) is 15.0 Å². The smallest absolute Gasteiger partial charge is 0.242 e. The van der Waals surface area contributed by atoms with Gasteiger partial charge in [0, 0.05) is 19.0 Å². The van der Waals surface area contributed by atoms with Crippen LogP contribution in [-0.2, 0) is 11.3 Å². The van der Waals surface area contributed by atoms with Gasteiger partial charge in [-0.3, -0.25) is 4.79 Å². The first-order chi connectivity index (χ1) is 12.4. The van der Waals surface area contributed by atoms with Crippen molar-refractivity contribution in [3.63, 3.8) is 0 Å².